The van der Waals surface area contributed by atoms with Crippen LogP contribution in [0.1, 0.15) is 36.1 Å². The van der Waals surface area contributed by atoms with Crippen LogP contribution in [0.3, 0.4) is 0 Å². The van der Waals surface area contributed by atoms with E-state index in [-0.39, 0.29) is 22.9 Å². The molecule has 0 aliphatic carbocycles. The smallest absolute Gasteiger partial charge is 0.352 e. The van der Waals surface area contributed by atoms with E-state index in [4.69, 9.17) is 11.6 Å². The van der Waals surface area contributed by atoms with Crippen molar-refractivity contribution < 1.29 is 9.50 Å². The van der Waals surface area contributed by atoms with Gasteiger partial charge in [0, 0.05) is 16.3 Å². The van der Waals surface area contributed by atoms with Crippen molar-refractivity contribution in [3.05, 3.63) is 79.4 Å². The molecule has 9 heteroatoms. The SMILES string of the molecule is CC(C)(C)c1ccc(Cn2cnc(N3CC=C(c4ccc(F)c(Cl)c4)C(O)C3)nc2=O)s1. The number of hydrogen-bond acceptors (Lipinski definition) is 6. The van der Waals surface area contributed by atoms with Crippen LogP contribution >= 0.6 is 22.9 Å². The summed E-state index contributed by atoms with van der Waals surface area (Å²) in [5.41, 5.74) is 0.985. The number of benzene rings is 1. The largest absolute Gasteiger partial charge is 0.387 e. The van der Waals surface area contributed by atoms with Crippen molar-refractivity contribution in [1.82, 2.24) is 14.5 Å². The molecule has 1 aromatic carbocycles. The molecular weight excluding hydrogens is 451 g/mol. The van der Waals surface area contributed by atoms with Crippen LogP contribution in [0.25, 0.3) is 5.57 Å². The zero-order valence-electron chi connectivity index (χ0n) is 18.0. The summed E-state index contributed by atoms with van der Waals surface area (Å²) in [5.74, 6) is -0.242. The standard InChI is InChI=1S/C23H24ClFN4O2S/c1-23(2,3)20-7-5-15(32-20)11-29-13-26-21(27-22(29)31)28-9-8-16(19(30)12-28)14-4-6-18(25)17(24)10-14/h4-8,10,13,19,30H,9,11-12H2,1-3H3. The lowest BCUT2D eigenvalue weighted by Gasteiger charge is -2.30. The Balaban J connectivity index is 1.50. The number of halogens is 2. The van der Waals surface area contributed by atoms with Crippen molar-refractivity contribution in [3.8, 4) is 0 Å². The molecule has 0 saturated heterocycles. The molecule has 0 amide bonds. The van der Waals surface area contributed by atoms with Gasteiger partial charge >= 0.3 is 5.69 Å². The molecule has 6 nitrogen and oxygen atoms in total. The van der Waals surface area contributed by atoms with Gasteiger partial charge in [-0.1, -0.05) is 44.5 Å². The van der Waals surface area contributed by atoms with Crippen LogP contribution in [0.4, 0.5) is 10.3 Å². The fourth-order valence-corrected chi connectivity index (χ4v) is 4.76. The third-order valence-corrected chi connectivity index (χ3v) is 7.09. The molecule has 1 aliphatic heterocycles. The normalized spacial score (nSPS) is 16.9. The highest BCUT2D eigenvalue weighted by Crippen LogP contribution is 2.30. The van der Waals surface area contributed by atoms with Gasteiger partial charge in [-0.2, -0.15) is 4.98 Å². The predicted octanol–water partition coefficient (Wildman–Crippen LogP) is 4.10. The molecule has 3 heterocycles. The van der Waals surface area contributed by atoms with E-state index in [1.807, 2.05) is 12.1 Å². The number of aliphatic hydroxyl groups is 1. The maximum Gasteiger partial charge on any atom is 0.352 e. The van der Waals surface area contributed by atoms with E-state index in [2.05, 4.69) is 36.8 Å². The number of hydrogen-bond donors (Lipinski definition) is 1. The first-order valence-corrected chi connectivity index (χ1v) is 11.4. The van der Waals surface area contributed by atoms with Crippen molar-refractivity contribution in [2.24, 2.45) is 0 Å². The number of aromatic nitrogens is 3. The molecule has 4 rings (SSSR count). The Morgan fingerprint density at radius 3 is 2.69 bits per heavy atom. The Morgan fingerprint density at radius 2 is 2.06 bits per heavy atom. The summed E-state index contributed by atoms with van der Waals surface area (Å²) in [6.45, 7) is 7.51. The van der Waals surface area contributed by atoms with Crippen molar-refractivity contribution in [2.75, 3.05) is 18.0 Å². The molecular formula is C23H24ClFN4O2S. The fraction of sp³-hybridized carbons (Fsp3) is 0.348. The van der Waals surface area contributed by atoms with Gasteiger partial charge in [0.05, 0.1) is 24.2 Å². The van der Waals surface area contributed by atoms with Gasteiger partial charge in [-0.25, -0.2) is 14.2 Å². The highest BCUT2D eigenvalue weighted by molar-refractivity contribution is 7.12. The molecule has 1 unspecified atom stereocenters. The van der Waals surface area contributed by atoms with Gasteiger partial charge in [0.2, 0.25) is 5.95 Å². The molecule has 0 bridgehead atoms. The minimum Gasteiger partial charge on any atom is -0.387 e. The molecule has 0 fully saturated rings. The van der Waals surface area contributed by atoms with Crippen molar-refractivity contribution in [1.29, 1.82) is 0 Å². The van der Waals surface area contributed by atoms with Gasteiger partial charge in [0.25, 0.3) is 0 Å². The highest BCUT2D eigenvalue weighted by atomic mass is 35.5. The molecule has 0 spiro atoms. The van der Waals surface area contributed by atoms with Crippen LogP contribution in [-0.2, 0) is 12.0 Å². The van der Waals surface area contributed by atoms with Gasteiger partial charge in [-0.05, 0) is 40.8 Å². The Morgan fingerprint density at radius 1 is 1.28 bits per heavy atom. The topological polar surface area (TPSA) is 71.2 Å². The maximum atomic E-state index is 13.4. The van der Waals surface area contributed by atoms with E-state index >= 15 is 0 Å². The van der Waals surface area contributed by atoms with Crippen LogP contribution in [0.15, 0.2) is 47.5 Å². The summed E-state index contributed by atoms with van der Waals surface area (Å²) in [5, 5.41) is 10.6. The minimum absolute atomic E-state index is 0.00494. The summed E-state index contributed by atoms with van der Waals surface area (Å²) in [4.78, 5) is 25.1. The van der Waals surface area contributed by atoms with E-state index in [9.17, 15) is 14.3 Å². The van der Waals surface area contributed by atoms with E-state index in [1.165, 1.54) is 27.9 Å². The number of thiophene rings is 1. The number of anilines is 1. The zero-order valence-corrected chi connectivity index (χ0v) is 19.6. The van der Waals surface area contributed by atoms with Gasteiger partial charge in [0.15, 0.2) is 0 Å². The van der Waals surface area contributed by atoms with Crippen LogP contribution < -0.4 is 10.6 Å². The lowest BCUT2D eigenvalue weighted by atomic mass is 9.95. The molecule has 32 heavy (non-hydrogen) atoms. The van der Waals surface area contributed by atoms with Gasteiger partial charge < -0.3 is 10.0 Å². The number of rotatable bonds is 4. The van der Waals surface area contributed by atoms with Crippen molar-refractivity contribution in [2.45, 2.75) is 38.8 Å². The lowest BCUT2D eigenvalue weighted by molar-refractivity contribution is 0.233. The monoisotopic (exact) mass is 474 g/mol. The molecule has 1 N–H and O–H groups in total. The molecule has 3 aromatic rings. The molecule has 1 atom stereocenters. The summed E-state index contributed by atoms with van der Waals surface area (Å²) >= 11 is 7.54. The summed E-state index contributed by atoms with van der Waals surface area (Å²) in [6.07, 6.45) is 2.46. The molecule has 168 valence electrons. The van der Waals surface area contributed by atoms with Crippen LogP contribution in [0.5, 0.6) is 0 Å². The van der Waals surface area contributed by atoms with Crippen molar-refractivity contribution >= 4 is 34.5 Å². The van der Waals surface area contributed by atoms with Gasteiger partial charge in [-0.3, -0.25) is 4.57 Å². The Bertz CT molecular complexity index is 1230. The Hall–Kier alpha value is -2.55. The second kappa shape index (κ2) is 8.77. The molecule has 1 aliphatic rings. The van der Waals surface area contributed by atoms with Crippen LogP contribution in [0, 0.1) is 5.82 Å². The first-order chi connectivity index (χ1) is 15.1. The molecule has 2 aromatic heterocycles. The van der Waals surface area contributed by atoms with Gasteiger partial charge in [0.1, 0.15) is 12.1 Å². The molecule has 0 radical (unpaired) electrons. The third-order valence-electron chi connectivity index (χ3n) is 5.30. The lowest BCUT2D eigenvalue weighted by Crippen LogP contribution is -2.40. The number of nitrogens with zero attached hydrogens (tertiary/aromatic N) is 4. The van der Waals surface area contributed by atoms with Crippen LogP contribution in [0.2, 0.25) is 5.02 Å². The number of aliphatic hydroxyl groups excluding tert-OH is 1. The average Bonchev–Trinajstić information content (AvgIpc) is 3.21. The summed E-state index contributed by atoms with van der Waals surface area (Å²) in [7, 11) is 0. The second-order valence-corrected chi connectivity index (χ2v) is 10.4. The van der Waals surface area contributed by atoms with E-state index < -0.39 is 17.6 Å². The maximum absolute atomic E-state index is 13.4. The third kappa shape index (κ3) is 4.77. The average molecular weight is 475 g/mol. The molecule has 0 saturated carbocycles. The predicted molar refractivity (Wildman–Crippen MR) is 126 cm³/mol. The van der Waals surface area contributed by atoms with E-state index in [0.29, 0.717) is 24.2 Å². The van der Waals surface area contributed by atoms with E-state index in [0.717, 1.165) is 4.88 Å². The minimum atomic E-state index is -0.849. The van der Waals surface area contributed by atoms with Crippen LogP contribution in [-0.4, -0.2) is 38.8 Å². The van der Waals surface area contributed by atoms with E-state index in [1.54, 1.807) is 22.3 Å². The number of β-amino-alcohol motifs (C(OH)–C–C–N with tert-alkyl or cyclic N) is 1. The highest BCUT2D eigenvalue weighted by Gasteiger charge is 2.24. The fourth-order valence-electron chi connectivity index (χ4n) is 3.52. The Labute approximate surface area is 194 Å². The summed E-state index contributed by atoms with van der Waals surface area (Å²) in [6, 6.07) is 8.47. The quantitative estimate of drug-likeness (QED) is 0.616. The second-order valence-electron chi connectivity index (χ2n) is 8.79. The summed E-state index contributed by atoms with van der Waals surface area (Å²) < 4.78 is 14.9. The van der Waals surface area contributed by atoms with Crippen molar-refractivity contribution in [3.63, 3.8) is 0 Å². The first-order valence-electron chi connectivity index (χ1n) is 10.2. The first kappa shape index (κ1) is 22.6. The zero-order chi connectivity index (χ0) is 23.0. The Kier molecular flexibility index (Phi) is 6.20. The van der Waals surface area contributed by atoms with Gasteiger partial charge in [-0.15, -0.1) is 11.3 Å².